The molecular formula is C14H23ClN2O4. The van der Waals surface area contributed by atoms with Crippen molar-refractivity contribution in [3.63, 3.8) is 0 Å². The van der Waals surface area contributed by atoms with Crippen molar-refractivity contribution in [1.82, 2.24) is 10.3 Å². The zero-order valence-electron chi connectivity index (χ0n) is 12.0. The Kier molecular flexibility index (Phi) is 12.6. The van der Waals surface area contributed by atoms with E-state index in [1.165, 1.54) is 5.56 Å². The molecule has 0 aliphatic heterocycles. The molecule has 2 rings (SSSR count). The Labute approximate surface area is 130 Å². The lowest BCUT2D eigenvalue weighted by Crippen LogP contribution is -2.11. The van der Waals surface area contributed by atoms with Gasteiger partial charge in [0.1, 0.15) is 12.0 Å². The number of nitrogens with one attached hydrogen (secondary N) is 1. The SMILES string of the molecule is CCNCc1ccc(OCCc2ncco2)cc1.Cl.O.O. The summed E-state index contributed by atoms with van der Waals surface area (Å²) in [4.78, 5) is 4.04. The van der Waals surface area contributed by atoms with Crippen LogP contribution in [0.15, 0.2) is 41.1 Å². The van der Waals surface area contributed by atoms with Gasteiger partial charge in [0, 0.05) is 6.54 Å². The normalized spacial score (nSPS) is 9.00. The summed E-state index contributed by atoms with van der Waals surface area (Å²) in [5, 5.41) is 3.28. The van der Waals surface area contributed by atoms with E-state index >= 15 is 0 Å². The van der Waals surface area contributed by atoms with E-state index in [2.05, 4.69) is 29.4 Å². The highest BCUT2D eigenvalue weighted by molar-refractivity contribution is 5.85. The first-order valence-corrected chi connectivity index (χ1v) is 6.19. The molecule has 0 aliphatic rings. The number of nitrogens with zero attached hydrogens (tertiary/aromatic N) is 1. The smallest absolute Gasteiger partial charge is 0.197 e. The summed E-state index contributed by atoms with van der Waals surface area (Å²) in [5.74, 6) is 1.58. The first kappa shape index (κ1) is 21.7. The van der Waals surface area contributed by atoms with Gasteiger partial charge in [-0.2, -0.15) is 0 Å². The molecule has 2 aromatic rings. The summed E-state index contributed by atoms with van der Waals surface area (Å²) in [6, 6.07) is 8.12. The van der Waals surface area contributed by atoms with Gasteiger partial charge < -0.3 is 25.4 Å². The van der Waals surface area contributed by atoms with Crippen LogP contribution in [0.4, 0.5) is 0 Å². The van der Waals surface area contributed by atoms with Crippen LogP contribution in [-0.4, -0.2) is 29.1 Å². The number of hydrogen-bond donors (Lipinski definition) is 1. The number of hydrogen-bond acceptors (Lipinski definition) is 4. The van der Waals surface area contributed by atoms with Gasteiger partial charge in [-0.3, -0.25) is 0 Å². The maximum absolute atomic E-state index is 5.62. The van der Waals surface area contributed by atoms with Crippen molar-refractivity contribution in [2.45, 2.75) is 19.9 Å². The second kappa shape index (κ2) is 12.2. The topological polar surface area (TPSA) is 110 Å². The first-order valence-electron chi connectivity index (χ1n) is 6.19. The van der Waals surface area contributed by atoms with E-state index in [1.54, 1.807) is 12.5 Å². The highest BCUT2D eigenvalue weighted by atomic mass is 35.5. The second-order valence-corrected chi connectivity index (χ2v) is 3.95. The molecule has 0 aliphatic carbocycles. The Bertz CT molecular complexity index is 449. The minimum absolute atomic E-state index is 0. The molecule has 0 radical (unpaired) electrons. The van der Waals surface area contributed by atoms with Crippen LogP contribution in [0.1, 0.15) is 18.4 Å². The van der Waals surface area contributed by atoms with E-state index in [1.807, 2.05) is 12.1 Å². The zero-order chi connectivity index (χ0) is 12.6. The fourth-order valence-electron chi connectivity index (χ4n) is 1.61. The summed E-state index contributed by atoms with van der Waals surface area (Å²) in [7, 11) is 0. The molecule has 0 unspecified atom stereocenters. The van der Waals surface area contributed by atoms with Gasteiger partial charge in [-0.25, -0.2) is 4.98 Å². The van der Waals surface area contributed by atoms with Gasteiger partial charge >= 0.3 is 0 Å². The molecule has 5 N–H and O–H groups in total. The Morgan fingerprint density at radius 1 is 1.19 bits per heavy atom. The van der Waals surface area contributed by atoms with E-state index in [0.29, 0.717) is 18.9 Å². The number of ether oxygens (including phenoxy) is 1. The van der Waals surface area contributed by atoms with Crippen LogP contribution in [0.25, 0.3) is 0 Å². The van der Waals surface area contributed by atoms with Crippen LogP contribution in [0.3, 0.4) is 0 Å². The summed E-state index contributed by atoms with van der Waals surface area (Å²) >= 11 is 0. The van der Waals surface area contributed by atoms with E-state index in [4.69, 9.17) is 9.15 Å². The van der Waals surface area contributed by atoms with E-state index in [-0.39, 0.29) is 23.4 Å². The van der Waals surface area contributed by atoms with Crippen molar-refractivity contribution in [3.8, 4) is 5.75 Å². The van der Waals surface area contributed by atoms with Crippen LogP contribution in [-0.2, 0) is 13.0 Å². The number of halogens is 1. The average Bonchev–Trinajstić information content (AvgIpc) is 2.91. The van der Waals surface area contributed by atoms with Gasteiger partial charge in [0.25, 0.3) is 0 Å². The minimum atomic E-state index is 0. The largest absolute Gasteiger partial charge is 0.493 e. The highest BCUT2D eigenvalue weighted by Crippen LogP contribution is 2.12. The fraction of sp³-hybridized carbons (Fsp3) is 0.357. The molecular weight excluding hydrogens is 296 g/mol. The zero-order valence-corrected chi connectivity index (χ0v) is 12.8. The summed E-state index contributed by atoms with van der Waals surface area (Å²) in [5.41, 5.74) is 1.26. The van der Waals surface area contributed by atoms with Crippen LogP contribution in [0.2, 0.25) is 0 Å². The van der Waals surface area contributed by atoms with Gasteiger partial charge in [-0.1, -0.05) is 19.1 Å². The molecule has 0 bridgehead atoms. The monoisotopic (exact) mass is 318 g/mol. The Balaban J connectivity index is 0. The Hall–Kier alpha value is -1.60. The van der Waals surface area contributed by atoms with E-state index in [0.717, 1.165) is 18.8 Å². The van der Waals surface area contributed by atoms with Crippen molar-refractivity contribution in [2.75, 3.05) is 13.2 Å². The number of aromatic nitrogens is 1. The molecule has 1 heterocycles. The van der Waals surface area contributed by atoms with Gasteiger partial charge in [0.05, 0.1) is 19.2 Å². The third kappa shape index (κ3) is 7.67. The van der Waals surface area contributed by atoms with Crippen molar-refractivity contribution in [1.29, 1.82) is 0 Å². The average molecular weight is 319 g/mol. The minimum Gasteiger partial charge on any atom is -0.493 e. The third-order valence-corrected chi connectivity index (χ3v) is 2.57. The van der Waals surface area contributed by atoms with Gasteiger partial charge in [0.2, 0.25) is 0 Å². The molecule has 1 aromatic carbocycles. The molecule has 1 aromatic heterocycles. The lowest BCUT2D eigenvalue weighted by molar-refractivity contribution is 0.306. The van der Waals surface area contributed by atoms with Gasteiger partial charge in [-0.15, -0.1) is 12.4 Å². The molecule has 6 nitrogen and oxygen atoms in total. The summed E-state index contributed by atoms with van der Waals surface area (Å²) in [6.07, 6.45) is 3.90. The number of rotatable bonds is 7. The van der Waals surface area contributed by atoms with Crippen molar-refractivity contribution in [3.05, 3.63) is 48.2 Å². The summed E-state index contributed by atoms with van der Waals surface area (Å²) in [6.45, 7) is 4.55. The fourth-order valence-corrected chi connectivity index (χ4v) is 1.61. The standard InChI is InChI=1S/C14H18N2O2.ClH.2H2O/c1-2-15-11-12-3-5-13(6-4-12)17-9-7-14-16-8-10-18-14;;;/h3-6,8,10,15H,2,7,9,11H2,1H3;1H;2*1H2. The Morgan fingerprint density at radius 3 is 2.48 bits per heavy atom. The molecule has 0 fully saturated rings. The molecule has 7 heteroatoms. The highest BCUT2D eigenvalue weighted by Gasteiger charge is 1.99. The summed E-state index contributed by atoms with van der Waals surface area (Å²) < 4.78 is 10.8. The molecule has 0 atom stereocenters. The molecule has 0 amide bonds. The van der Waals surface area contributed by atoms with E-state index in [9.17, 15) is 0 Å². The number of benzene rings is 1. The maximum atomic E-state index is 5.62. The van der Waals surface area contributed by atoms with Gasteiger partial charge in [0.15, 0.2) is 5.89 Å². The molecule has 120 valence electrons. The van der Waals surface area contributed by atoms with Gasteiger partial charge in [-0.05, 0) is 24.2 Å². The van der Waals surface area contributed by atoms with Crippen LogP contribution in [0, 0.1) is 0 Å². The quantitative estimate of drug-likeness (QED) is 0.826. The Morgan fingerprint density at radius 2 is 1.90 bits per heavy atom. The number of oxazole rings is 1. The predicted molar refractivity (Wildman–Crippen MR) is 84.0 cm³/mol. The lowest BCUT2D eigenvalue weighted by atomic mass is 10.2. The maximum Gasteiger partial charge on any atom is 0.197 e. The van der Waals surface area contributed by atoms with Crippen molar-refractivity contribution < 1.29 is 20.1 Å². The third-order valence-electron chi connectivity index (χ3n) is 2.57. The van der Waals surface area contributed by atoms with Crippen LogP contribution in [0.5, 0.6) is 5.75 Å². The first-order chi connectivity index (χ1) is 8.88. The molecule has 21 heavy (non-hydrogen) atoms. The second-order valence-electron chi connectivity index (χ2n) is 3.95. The predicted octanol–water partition coefficient (Wildman–Crippen LogP) is 1.18. The van der Waals surface area contributed by atoms with Crippen molar-refractivity contribution >= 4 is 12.4 Å². The lowest BCUT2D eigenvalue weighted by Gasteiger charge is -2.06. The molecule has 0 saturated heterocycles. The molecule has 0 saturated carbocycles. The van der Waals surface area contributed by atoms with E-state index < -0.39 is 0 Å². The van der Waals surface area contributed by atoms with Crippen LogP contribution < -0.4 is 10.1 Å². The molecule has 0 spiro atoms. The van der Waals surface area contributed by atoms with Crippen LogP contribution >= 0.6 is 12.4 Å². The van der Waals surface area contributed by atoms with Crippen molar-refractivity contribution in [2.24, 2.45) is 0 Å².